The number of hydrogen-bond acceptors (Lipinski definition) is 3. The number of aromatic nitrogens is 1. The van der Waals surface area contributed by atoms with Crippen LogP contribution in [0.1, 0.15) is 37.1 Å². The van der Waals surface area contributed by atoms with E-state index in [0.717, 1.165) is 24.3 Å². The summed E-state index contributed by atoms with van der Waals surface area (Å²) in [6.45, 7) is 10.1. The molecule has 1 aliphatic heterocycles. The largest absolute Gasteiger partial charge is 0.387 e. The van der Waals surface area contributed by atoms with Crippen LogP contribution in [0.2, 0.25) is 0 Å². The van der Waals surface area contributed by atoms with Crippen LogP contribution in [0.15, 0.2) is 4.99 Å². The predicted octanol–water partition coefficient (Wildman–Crippen LogP) is 2.33. The van der Waals surface area contributed by atoms with Crippen LogP contribution in [0.4, 0.5) is 5.82 Å². The molecule has 0 aromatic carbocycles. The van der Waals surface area contributed by atoms with E-state index < -0.39 is 0 Å². The predicted molar refractivity (Wildman–Crippen MR) is 85.8 cm³/mol. The maximum absolute atomic E-state index is 9.42. The maximum Gasteiger partial charge on any atom is 0.153 e. The van der Waals surface area contributed by atoms with Crippen molar-refractivity contribution in [3.05, 3.63) is 16.8 Å². The number of rotatable bonds is 3. The number of aliphatic imine (C=N–C) groups is 1. The molecule has 2 rings (SSSR count). The van der Waals surface area contributed by atoms with E-state index in [1.54, 1.807) is 6.92 Å². The Morgan fingerprint density at radius 2 is 2.14 bits per heavy atom. The Morgan fingerprint density at radius 1 is 1.48 bits per heavy atom. The smallest absolute Gasteiger partial charge is 0.153 e. The van der Waals surface area contributed by atoms with E-state index in [0.29, 0.717) is 29.2 Å². The molecule has 1 fully saturated rings. The highest BCUT2D eigenvalue weighted by molar-refractivity contribution is 5.81. The van der Waals surface area contributed by atoms with Gasteiger partial charge in [-0.3, -0.25) is 0 Å². The molecule has 0 spiro atoms. The topological polar surface area (TPSA) is 70.3 Å². The van der Waals surface area contributed by atoms with Crippen molar-refractivity contribution >= 4 is 11.7 Å². The molecule has 1 aromatic rings. The first-order valence-electron chi connectivity index (χ1n) is 7.47. The molecule has 0 aliphatic carbocycles. The first-order chi connectivity index (χ1) is 9.86. The zero-order valence-corrected chi connectivity index (χ0v) is 13.6. The van der Waals surface area contributed by atoms with Crippen molar-refractivity contribution in [2.45, 2.75) is 46.7 Å². The highest BCUT2D eigenvalue weighted by Gasteiger charge is 2.30. The van der Waals surface area contributed by atoms with Gasteiger partial charge in [-0.2, -0.15) is 5.26 Å². The van der Waals surface area contributed by atoms with Gasteiger partial charge in [-0.1, -0.05) is 0 Å². The van der Waals surface area contributed by atoms with Crippen molar-refractivity contribution in [2.24, 2.45) is 16.6 Å². The van der Waals surface area contributed by atoms with E-state index in [1.807, 2.05) is 6.92 Å². The quantitative estimate of drug-likeness (QED) is 0.685. The molecule has 21 heavy (non-hydrogen) atoms. The summed E-state index contributed by atoms with van der Waals surface area (Å²) in [5, 5.41) is 9.42. The zero-order chi connectivity index (χ0) is 15.7. The molecule has 5 nitrogen and oxygen atoms in total. The van der Waals surface area contributed by atoms with Crippen LogP contribution in [0, 0.1) is 31.1 Å². The van der Waals surface area contributed by atoms with Crippen LogP contribution in [0.25, 0.3) is 0 Å². The lowest BCUT2D eigenvalue weighted by Crippen LogP contribution is -2.28. The Labute approximate surface area is 127 Å². The van der Waals surface area contributed by atoms with Crippen molar-refractivity contribution in [1.29, 1.82) is 5.26 Å². The molecule has 0 amide bonds. The summed E-state index contributed by atoms with van der Waals surface area (Å²) in [5.74, 6) is 1.79. The Bertz CT molecular complexity index is 601. The van der Waals surface area contributed by atoms with Gasteiger partial charge in [0.05, 0.1) is 11.4 Å². The van der Waals surface area contributed by atoms with Gasteiger partial charge in [0.25, 0.3) is 0 Å². The van der Waals surface area contributed by atoms with Gasteiger partial charge in [-0.25, -0.2) is 4.99 Å². The Balaban J connectivity index is 2.44. The van der Waals surface area contributed by atoms with Gasteiger partial charge in [-0.05, 0) is 59.2 Å². The number of nitrogens with zero attached hydrogens (tertiary/aromatic N) is 4. The molecule has 0 radical (unpaired) electrons. The molecule has 2 N–H and O–H groups in total. The van der Waals surface area contributed by atoms with Crippen molar-refractivity contribution in [3.63, 3.8) is 0 Å². The van der Waals surface area contributed by atoms with Gasteiger partial charge in [0.2, 0.25) is 0 Å². The summed E-state index contributed by atoms with van der Waals surface area (Å²) in [6, 6.07) is 2.83. The third kappa shape index (κ3) is 2.81. The molecule has 2 atom stereocenters. The van der Waals surface area contributed by atoms with Gasteiger partial charge in [0.15, 0.2) is 5.82 Å². The number of nitrogens with two attached hydrogens (primary N) is 1. The average Bonchev–Trinajstić information content (AvgIpc) is 2.84. The summed E-state index contributed by atoms with van der Waals surface area (Å²) in [6.07, 6.45) is 1.18. The number of nitriles is 1. The number of likely N-dealkylation sites (tertiary alicyclic amines) is 1. The normalized spacial score (nSPS) is 23.5. The van der Waals surface area contributed by atoms with Crippen LogP contribution in [-0.4, -0.2) is 34.9 Å². The molecule has 1 saturated heterocycles. The summed E-state index contributed by atoms with van der Waals surface area (Å²) in [5.41, 5.74) is 8.53. The number of hydrogen-bond donors (Lipinski definition) is 1. The van der Waals surface area contributed by atoms with Crippen LogP contribution in [0.5, 0.6) is 0 Å². The lowest BCUT2D eigenvalue weighted by Gasteiger charge is -2.22. The minimum Gasteiger partial charge on any atom is -0.387 e. The van der Waals surface area contributed by atoms with E-state index in [1.165, 1.54) is 6.42 Å². The minimum absolute atomic E-state index is 0.488. The Kier molecular flexibility index (Phi) is 4.38. The minimum atomic E-state index is 0.488. The van der Waals surface area contributed by atoms with Crippen molar-refractivity contribution in [3.8, 4) is 6.07 Å². The van der Waals surface area contributed by atoms with Gasteiger partial charge in [-0.15, -0.1) is 0 Å². The molecule has 2 unspecified atom stereocenters. The molecule has 2 heterocycles. The molecule has 0 bridgehead atoms. The summed E-state index contributed by atoms with van der Waals surface area (Å²) in [7, 11) is 2.17. The van der Waals surface area contributed by atoms with Gasteiger partial charge in [0, 0.05) is 18.3 Å². The van der Waals surface area contributed by atoms with Crippen molar-refractivity contribution in [1.82, 2.24) is 9.47 Å². The second-order valence-electron chi connectivity index (χ2n) is 6.15. The zero-order valence-electron chi connectivity index (χ0n) is 13.6. The fraction of sp³-hybridized carbons (Fsp3) is 0.625. The van der Waals surface area contributed by atoms with Gasteiger partial charge < -0.3 is 15.2 Å². The fourth-order valence-electron chi connectivity index (χ4n) is 3.14. The number of amidine groups is 1. The third-order valence-corrected chi connectivity index (χ3v) is 4.84. The van der Waals surface area contributed by atoms with Gasteiger partial charge in [0.1, 0.15) is 6.07 Å². The van der Waals surface area contributed by atoms with Crippen LogP contribution >= 0.6 is 0 Å². The van der Waals surface area contributed by atoms with Crippen molar-refractivity contribution in [2.75, 3.05) is 13.6 Å². The van der Waals surface area contributed by atoms with Crippen LogP contribution in [-0.2, 0) is 6.54 Å². The monoisotopic (exact) mass is 287 g/mol. The molecular formula is C16H25N5. The van der Waals surface area contributed by atoms with E-state index in [9.17, 15) is 5.26 Å². The summed E-state index contributed by atoms with van der Waals surface area (Å²) < 4.78 is 2.17. The highest BCUT2D eigenvalue weighted by atomic mass is 15.2. The second kappa shape index (κ2) is 5.90. The second-order valence-corrected chi connectivity index (χ2v) is 6.15. The lowest BCUT2D eigenvalue weighted by atomic mass is 10.0. The van der Waals surface area contributed by atoms with Crippen LogP contribution in [0.3, 0.4) is 0 Å². The van der Waals surface area contributed by atoms with Gasteiger partial charge >= 0.3 is 0 Å². The molecular weight excluding hydrogens is 262 g/mol. The Hall–Kier alpha value is -1.80. The molecule has 1 aliphatic rings. The van der Waals surface area contributed by atoms with E-state index >= 15 is 0 Å². The average molecular weight is 287 g/mol. The third-order valence-electron chi connectivity index (χ3n) is 4.84. The SMILES string of the molecule is CC(N)=Nc1c(C#N)c(C)c(C)n1CC1CCN(C)C1C. The van der Waals surface area contributed by atoms with E-state index in [2.05, 4.69) is 41.4 Å². The van der Waals surface area contributed by atoms with Crippen LogP contribution < -0.4 is 5.73 Å². The van der Waals surface area contributed by atoms with E-state index in [-0.39, 0.29) is 0 Å². The van der Waals surface area contributed by atoms with Crippen molar-refractivity contribution < 1.29 is 0 Å². The molecule has 5 heteroatoms. The molecule has 114 valence electrons. The molecule has 0 saturated carbocycles. The summed E-state index contributed by atoms with van der Waals surface area (Å²) in [4.78, 5) is 6.81. The maximum atomic E-state index is 9.42. The first kappa shape index (κ1) is 15.6. The highest BCUT2D eigenvalue weighted by Crippen LogP contribution is 2.32. The first-order valence-corrected chi connectivity index (χ1v) is 7.47. The lowest BCUT2D eigenvalue weighted by molar-refractivity contribution is 0.277. The van der Waals surface area contributed by atoms with E-state index in [4.69, 9.17) is 5.73 Å². The molecule has 1 aromatic heterocycles. The summed E-state index contributed by atoms with van der Waals surface area (Å²) >= 11 is 0. The Morgan fingerprint density at radius 3 is 2.62 bits per heavy atom. The fourth-order valence-corrected chi connectivity index (χ4v) is 3.14. The standard InChI is InChI=1S/C16H25N5/c1-10-11(2)21(9-14-6-7-20(5)12(14)3)16(15(10)8-17)19-13(4)18/h12,14H,6-7,9H2,1-5H3,(H2,18,19).